The number of ether oxygens (including phenoxy) is 1. The molecule has 0 fully saturated rings. The molecule has 2 aromatic carbocycles. The van der Waals surface area contributed by atoms with Crippen LogP contribution in [0.15, 0.2) is 54.7 Å². The van der Waals surface area contributed by atoms with Gasteiger partial charge in [-0.1, -0.05) is 23.2 Å². The summed E-state index contributed by atoms with van der Waals surface area (Å²) in [6.45, 7) is -0.890. The molecule has 45 heavy (non-hydrogen) atoms. The van der Waals surface area contributed by atoms with Crippen molar-refractivity contribution in [1.29, 1.82) is 0 Å². The Morgan fingerprint density at radius 2 is 1.51 bits per heavy atom. The van der Waals surface area contributed by atoms with Gasteiger partial charge in [-0.05, 0) is 48.9 Å². The first kappa shape index (κ1) is 34.9. The van der Waals surface area contributed by atoms with Crippen molar-refractivity contribution in [3.05, 3.63) is 75.9 Å². The molecule has 0 saturated carbocycles. The number of nitrogens with zero attached hydrogens (tertiary/aromatic N) is 2. The van der Waals surface area contributed by atoms with Gasteiger partial charge in [0.25, 0.3) is 11.8 Å². The fourth-order valence-electron chi connectivity index (χ4n) is 3.53. The number of pyridine rings is 1. The van der Waals surface area contributed by atoms with Gasteiger partial charge < -0.3 is 25.6 Å². The van der Waals surface area contributed by atoms with E-state index in [0.717, 1.165) is 25.2 Å². The van der Waals surface area contributed by atoms with Crippen LogP contribution in [-0.2, 0) is 9.59 Å². The van der Waals surface area contributed by atoms with Crippen LogP contribution in [0.1, 0.15) is 27.1 Å². The Hall–Kier alpha value is -4.57. The molecule has 0 radical (unpaired) electrons. The van der Waals surface area contributed by atoms with Gasteiger partial charge in [0, 0.05) is 36.6 Å². The van der Waals surface area contributed by atoms with Gasteiger partial charge in [-0.15, -0.1) is 0 Å². The quantitative estimate of drug-likeness (QED) is 0.182. The number of halogens is 8. The van der Waals surface area contributed by atoms with Crippen LogP contribution in [0.2, 0.25) is 10.0 Å². The van der Waals surface area contributed by atoms with E-state index >= 15 is 0 Å². The molecule has 0 bridgehead atoms. The maximum absolute atomic E-state index is 13.3. The van der Waals surface area contributed by atoms with Crippen LogP contribution in [0, 0.1) is 0 Å². The maximum atomic E-state index is 13.3. The van der Waals surface area contributed by atoms with Crippen molar-refractivity contribution in [3.63, 3.8) is 0 Å². The Bertz CT molecular complexity index is 1590. The normalized spacial score (nSPS) is 11.4. The lowest BCUT2D eigenvalue weighted by atomic mass is 10.1. The largest absolute Gasteiger partial charge is 0.493 e. The zero-order valence-corrected chi connectivity index (χ0v) is 24.3. The van der Waals surface area contributed by atoms with Crippen molar-refractivity contribution in [2.75, 3.05) is 35.7 Å². The molecule has 1 heterocycles. The molecule has 18 heteroatoms. The Morgan fingerprint density at radius 3 is 2.13 bits per heavy atom. The predicted octanol–water partition coefficient (Wildman–Crippen LogP) is 5.87. The minimum atomic E-state index is -5.23. The Balaban J connectivity index is 1.87. The highest BCUT2D eigenvalue weighted by Gasteiger charge is 2.42. The molecular formula is C27H21Cl2F6N5O5. The highest BCUT2D eigenvalue weighted by molar-refractivity contribution is 6.31. The van der Waals surface area contributed by atoms with Crippen molar-refractivity contribution in [2.24, 2.45) is 0 Å². The van der Waals surface area contributed by atoms with E-state index in [4.69, 9.17) is 27.9 Å². The summed E-state index contributed by atoms with van der Waals surface area (Å²) in [5, 5.41) is 7.04. The average molecular weight is 680 g/mol. The molecule has 0 atom stereocenters. The molecule has 1 aromatic heterocycles. The monoisotopic (exact) mass is 679 g/mol. The summed E-state index contributed by atoms with van der Waals surface area (Å²) in [4.78, 5) is 53.3. The number of carbonyl (C=O) groups excluding carboxylic acids is 4. The van der Waals surface area contributed by atoms with E-state index in [2.05, 4.69) is 15.6 Å². The van der Waals surface area contributed by atoms with Crippen molar-refractivity contribution in [2.45, 2.75) is 18.8 Å². The first-order chi connectivity index (χ1) is 21.0. The fraction of sp³-hybridized carbons (Fsp3) is 0.222. The molecule has 0 aliphatic heterocycles. The molecule has 0 aliphatic carbocycles. The molecule has 0 aliphatic rings. The number of alkyl halides is 6. The third-order valence-corrected chi connectivity index (χ3v) is 6.17. The highest BCUT2D eigenvalue weighted by atomic mass is 35.5. The van der Waals surface area contributed by atoms with Crippen molar-refractivity contribution in [3.8, 4) is 5.75 Å². The second-order valence-corrected chi connectivity index (χ2v) is 9.83. The van der Waals surface area contributed by atoms with Crippen molar-refractivity contribution >= 4 is 64.0 Å². The summed E-state index contributed by atoms with van der Waals surface area (Å²) in [6, 6.07) is 9.81. The van der Waals surface area contributed by atoms with E-state index in [1.807, 2.05) is 0 Å². The SMILES string of the molecule is CN(C(=O)C(F)(F)F)c1ccc(C(=O)Nc2ccc(Cl)cc2C(=O)Nc2ccc(Cl)cn2)c(OCCCNC(=O)C(F)(F)F)c1. The van der Waals surface area contributed by atoms with E-state index in [9.17, 15) is 45.5 Å². The number of hydrogen-bond donors (Lipinski definition) is 3. The molecule has 3 aromatic rings. The number of rotatable bonds is 10. The van der Waals surface area contributed by atoms with Crippen LogP contribution < -0.4 is 25.6 Å². The molecule has 0 unspecified atom stereocenters. The van der Waals surface area contributed by atoms with Gasteiger partial charge in [0.1, 0.15) is 11.6 Å². The lowest BCUT2D eigenvalue weighted by molar-refractivity contribution is -0.173. The standard InChI is InChI=1S/C27H21Cl2F6N5O5/c1-40(25(44)27(33,34)35)16-5-6-17(20(12-16)45-10-2-9-36-24(43)26(30,31)32)22(41)38-19-7-3-14(28)11-18(19)23(42)39-21-8-4-15(29)13-37-21/h3-8,11-13H,2,9-10H2,1H3,(H,36,43)(H,38,41)(H,37,39,42). The second kappa shape index (κ2) is 14.5. The average Bonchev–Trinajstić information content (AvgIpc) is 2.97. The second-order valence-electron chi connectivity index (χ2n) is 8.96. The third-order valence-electron chi connectivity index (χ3n) is 5.71. The topological polar surface area (TPSA) is 130 Å². The summed E-state index contributed by atoms with van der Waals surface area (Å²) in [5.41, 5.74) is -0.782. The number of aromatic nitrogens is 1. The van der Waals surface area contributed by atoms with E-state index in [1.165, 1.54) is 36.5 Å². The van der Waals surface area contributed by atoms with E-state index in [1.54, 1.807) is 5.32 Å². The molecular weight excluding hydrogens is 659 g/mol. The lowest BCUT2D eigenvalue weighted by Crippen LogP contribution is -2.38. The van der Waals surface area contributed by atoms with E-state index in [-0.39, 0.29) is 50.4 Å². The van der Waals surface area contributed by atoms with Gasteiger partial charge in [0.05, 0.1) is 28.4 Å². The van der Waals surface area contributed by atoms with Crippen LogP contribution in [0.3, 0.4) is 0 Å². The smallest absolute Gasteiger partial charge is 0.471 e. The van der Waals surface area contributed by atoms with E-state index < -0.39 is 49.1 Å². The van der Waals surface area contributed by atoms with Crippen LogP contribution in [0.25, 0.3) is 0 Å². The van der Waals surface area contributed by atoms with Crippen LogP contribution in [0.4, 0.5) is 43.5 Å². The maximum Gasteiger partial charge on any atom is 0.471 e. The van der Waals surface area contributed by atoms with E-state index in [0.29, 0.717) is 5.02 Å². The summed E-state index contributed by atoms with van der Waals surface area (Å²) in [5.74, 6) is -6.31. The van der Waals surface area contributed by atoms with Gasteiger partial charge in [0.15, 0.2) is 0 Å². The molecule has 4 amide bonds. The van der Waals surface area contributed by atoms with Gasteiger partial charge >= 0.3 is 24.2 Å². The number of anilines is 3. The van der Waals surface area contributed by atoms with Crippen LogP contribution in [-0.4, -0.2) is 61.2 Å². The molecule has 3 N–H and O–H groups in total. The minimum Gasteiger partial charge on any atom is -0.493 e. The number of hydrogen-bond acceptors (Lipinski definition) is 6. The molecule has 3 rings (SSSR count). The number of amides is 4. The number of benzene rings is 2. The summed E-state index contributed by atoms with van der Waals surface area (Å²) in [7, 11) is 0.829. The summed E-state index contributed by atoms with van der Waals surface area (Å²) < 4.78 is 81.7. The molecule has 0 saturated heterocycles. The number of nitrogens with one attached hydrogen (secondary N) is 3. The predicted molar refractivity (Wildman–Crippen MR) is 152 cm³/mol. The first-order valence-electron chi connectivity index (χ1n) is 12.5. The Kier molecular flexibility index (Phi) is 11.2. The highest BCUT2D eigenvalue weighted by Crippen LogP contribution is 2.30. The van der Waals surface area contributed by atoms with Gasteiger partial charge in [-0.2, -0.15) is 26.3 Å². The van der Waals surface area contributed by atoms with Crippen molar-refractivity contribution < 1.29 is 50.3 Å². The number of carbonyl (C=O) groups is 4. The van der Waals surface area contributed by atoms with Crippen LogP contribution >= 0.6 is 23.2 Å². The lowest BCUT2D eigenvalue weighted by Gasteiger charge is -2.21. The zero-order valence-electron chi connectivity index (χ0n) is 22.8. The minimum absolute atomic E-state index is 0.0508. The van der Waals surface area contributed by atoms with Crippen molar-refractivity contribution in [1.82, 2.24) is 10.3 Å². The molecule has 10 nitrogen and oxygen atoms in total. The van der Waals surface area contributed by atoms with Crippen LogP contribution in [0.5, 0.6) is 5.75 Å². The van der Waals surface area contributed by atoms with Gasteiger partial charge in [-0.3, -0.25) is 19.2 Å². The summed E-state index contributed by atoms with van der Waals surface area (Å²) >= 11 is 11.8. The fourth-order valence-corrected chi connectivity index (χ4v) is 3.81. The summed E-state index contributed by atoms with van der Waals surface area (Å²) in [6.07, 6.45) is -9.26. The Morgan fingerprint density at radius 1 is 0.844 bits per heavy atom. The van der Waals surface area contributed by atoms with Gasteiger partial charge in [-0.25, -0.2) is 4.98 Å². The molecule has 240 valence electrons. The zero-order chi connectivity index (χ0) is 33.5. The molecule has 0 spiro atoms. The first-order valence-corrected chi connectivity index (χ1v) is 13.2. The third kappa shape index (κ3) is 9.71. The Labute approximate surface area is 260 Å². The van der Waals surface area contributed by atoms with Gasteiger partial charge in [0.2, 0.25) is 0 Å².